The van der Waals surface area contributed by atoms with Gasteiger partial charge in [0, 0.05) is 19.6 Å². The zero-order valence-corrected chi connectivity index (χ0v) is 17.2. The van der Waals surface area contributed by atoms with E-state index in [1.807, 2.05) is 6.07 Å². The molecule has 3 fully saturated rings. The van der Waals surface area contributed by atoms with E-state index in [1.165, 1.54) is 12.8 Å². The van der Waals surface area contributed by atoms with Crippen molar-refractivity contribution in [2.24, 2.45) is 5.92 Å². The van der Waals surface area contributed by atoms with Crippen molar-refractivity contribution in [1.82, 2.24) is 15.1 Å². The Morgan fingerprint density at radius 3 is 2.85 bits per heavy atom. The summed E-state index contributed by atoms with van der Waals surface area (Å²) in [4.78, 5) is 17.7. The number of rotatable bonds is 5. The normalized spacial score (nSPS) is 28.3. The molecule has 5 nitrogen and oxygen atoms in total. The van der Waals surface area contributed by atoms with Crippen molar-refractivity contribution >= 4 is 29.1 Å². The van der Waals surface area contributed by atoms with Gasteiger partial charge in [0.1, 0.15) is 0 Å². The Morgan fingerprint density at radius 2 is 2.11 bits per heavy atom. The lowest BCUT2D eigenvalue weighted by Crippen LogP contribution is -2.70. The van der Waals surface area contributed by atoms with Crippen molar-refractivity contribution in [2.45, 2.75) is 37.4 Å². The maximum Gasteiger partial charge on any atom is 0.227 e. The summed E-state index contributed by atoms with van der Waals surface area (Å²) in [6.07, 6.45) is 2.99. The van der Waals surface area contributed by atoms with Gasteiger partial charge in [-0.25, -0.2) is 0 Å². The molecule has 4 rings (SSSR count). The Balaban J connectivity index is 1.50. The Bertz CT molecular complexity index is 696. The standard InChI is InChI=1S/C20H27Cl2N3O2/c1-24(10-13-2-3-13)18-12-27-11-17-20(18)25(7-6-23-17)19(26)9-14-4-5-15(21)16(22)8-14/h4-5,8,13,17-18,20,23H,2-3,6-7,9-12H2,1H3/t17-,18+,20+/m1/s1. The molecule has 2 aliphatic heterocycles. The number of ether oxygens (including phenoxy) is 1. The van der Waals surface area contributed by atoms with Crippen LogP contribution in [0, 0.1) is 5.92 Å². The lowest BCUT2D eigenvalue weighted by molar-refractivity contribution is -0.142. The van der Waals surface area contributed by atoms with Crippen molar-refractivity contribution in [2.75, 3.05) is 39.9 Å². The fourth-order valence-electron chi connectivity index (χ4n) is 4.35. The second-order valence-corrected chi connectivity index (χ2v) is 8.87. The fraction of sp³-hybridized carbons (Fsp3) is 0.650. The molecule has 0 aromatic heterocycles. The third kappa shape index (κ3) is 4.43. The minimum Gasteiger partial charge on any atom is -0.378 e. The molecule has 0 spiro atoms. The van der Waals surface area contributed by atoms with E-state index in [9.17, 15) is 4.79 Å². The average Bonchev–Trinajstić information content (AvgIpc) is 3.47. The minimum absolute atomic E-state index is 0.145. The van der Waals surface area contributed by atoms with Gasteiger partial charge in [0.25, 0.3) is 0 Å². The molecule has 148 valence electrons. The van der Waals surface area contributed by atoms with Crippen LogP contribution in [0.3, 0.4) is 0 Å². The Morgan fingerprint density at radius 1 is 1.30 bits per heavy atom. The number of piperazine rings is 1. The highest BCUT2D eigenvalue weighted by Crippen LogP contribution is 2.32. The monoisotopic (exact) mass is 411 g/mol. The first-order chi connectivity index (χ1) is 13.0. The third-order valence-corrected chi connectivity index (χ3v) is 6.72. The topological polar surface area (TPSA) is 44.8 Å². The van der Waals surface area contributed by atoms with Crippen molar-refractivity contribution in [3.63, 3.8) is 0 Å². The van der Waals surface area contributed by atoms with Crippen LogP contribution in [0.15, 0.2) is 18.2 Å². The van der Waals surface area contributed by atoms with Crippen LogP contribution in [0.25, 0.3) is 0 Å². The Kier molecular flexibility index (Phi) is 5.95. The summed E-state index contributed by atoms with van der Waals surface area (Å²) in [5, 5.41) is 4.56. The number of carbonyl (C=O) groups is 1. The van der Waals surface area contributed by atoms with Gasteiger partial charge in [0.2, 0.25) is 5.91 Å². The summed E-state index contributed by atoms with van der Waals surface area (Å²) >= 11 is 12.1. The molecule has 0 bridgehead atoms. The van der Waals surface area contributed by atoms with Gasteiger partial charge in [-0.3, -0.25) is 9.69 Å². The highest BCUT2D eigenvalue weighted by molar-refractivity contribution is 6.42. The number of carbonyl (C=O) groups excluding carboxylic acids is 1. The van der Waals surface area contributed by atoms with Gasteiger partial charge in [-0.2, -0.15) is 0 Å². The van der Waals surface area contributed by atoms with E-state index < -0.39 is 0 Å². The summed E-state index contributed by atoms with van der Waals surface area (Å²) in [5.41, 5.74) is 0.902. The van der Waals surface area contributed by atoms with Crippen molar-refractivity contribution in [3.8, 4) is 0 Å². The van der Waals surface area contributed by atoms with E-state index >= 15 is 0 Å². The second kappa shape index (κ2) is 8.26. The van der Waals surface area contributed by atoms with Crippen LogP contribution in [0.4, 0.5) is 0 Å². The van der Waals surface area contributed by atoms with E-state index in [-0.39, 0.29) is 24.0 Å². The lowest BCUT2D eigenvalue weighted by atomic mass is 9.92. The number of benzene rings is 1. The number of likely N-dealkylation sites (N-methyl/N-ethyl adjacent to an activating group) is 1. The SMILES string of the molecule is CN(CC1CC1)[C@H]1COC[C@H]2NCCN(C(=O)Cc3ccc(Cl)c(Cl)c3)[C@@H]21. The van der Waals surface area contributed by atoms with Crippen molar-refractivity contribution < 1.29 is 9.53 Å². The van der Waals surface area contributed by atoms with Crippen LogP contribution in [0.5, 0.6) is 0 Å². The average molecular weight is 412 g/mol. The number of fused-ring (bicyclic) bond motifs is 1. The highest BCUT2D eigenvalue weighted by atomic mass is 35.5. The minimum atomic E-state index is 0.145. The van der Waals surface area contributed by atoms with E-state index in [2.05, 4.69) is 22.2 Å². The summed E-state index contributed by atoms with van der Waals surface area (Å²) in [6.45, 7) is 3.97. The fourth-order valence-corrected chi connectivity index (χ4v) is 4.67. The van der Waals surface area contributed by atoms with Crippen LogP contribution in [0.2, 0.25) is 10.0 Å². The molecule has 1 aliphatic carbocycles. The summed E-state index contributed by atoms with van der Waals surface area (Å²) in [5.74, 6) is 0.962. The molecule has 1 saturated carbocycles. The van der Waals surface area contributed by atoms with Gasteiger partial charge in [-0.15, -0.1) is 0 Å². The maximum absolute atomic E-state index is 13.2. The van der Waals surface area contributed by atoms with E-state index in [0.29, 0.717) is 29.7 Å². The zero-order valence-electron chi connectivity index (χ0n) is 15.7. The van der Waals surface area contributed by atoms with Gasteiger partial charge in [0.05, 0.1) is 47.8 Å². The first-order valence-electron chi connectivity index (χ1n) is 9.77. The van der Waals surface area contributed by atoms with Crippen LogP contribution in [0.1, 0.15) is 18.4 Å². The number of hydrogen-bond acceptors (Lipinski definition) is 4. The summed E-state index contributed by atoms with van der Waals surface area (Å²) in [7, 11) is 2.17. The molecule has 1 N–H and O–H groups in total. The van der Waals surface area contributed by atoms with Crippen LogP contribution < -0.4 is 5.32 Å². The molecule has 3 atom stereocenters. The Hall–Kier alpha value is -0.850. The molecule has 7 heteroatoms. The van der Waals surface area contributed by atoms with Gasteiger partial charge in [-0.05, 0) is 43.5 Å². The maximum atomic E-state index is 13.2. The van der Waals surface area contributed by atoms with Gasteiger partial charge < -0.3 is 15.0 Å². The molecule has 1 aromatic rings. The predicted molar refractivity (Wildman–Crippen MR) is 107 cm³/mol. The second-order valence-electron chi connectivity index (χ2n) is 8.05. The molecular formula is C20H27Cl2N3O2. The first-order valence-corrected chi connectivity index (χ1v) is 10.5. The van der Waals surface area contributed by atoms with Crippen LogP contribution >= 0.6 is 23.2 Å². The smallest absolute Gasteiger partial charge is 0.227 e. The molecule has 27 heavy (non-hydrogen) atoms. The van der Waals surface area contributed by atoms with Crippen molar-refractivity contribution in [1.29, 1.82) is 0 Å². The highest BCUT2D eigenvalue weighted by Gasteiger charge is 2.44. The first kappa shape index (κ1) is 19.5. The lowest BCUT2D eigenvalue weighted by Gasteiger charge is -2.50. The molecule has 0 unspecified atom stereocenters. The molecule has 2 heterocycles. The molecular weight excluding hydrogens is 385 g/mol. The van der Waals surface area contributed by atoms with E-state index in [1.54, 1.807) is 12.1 Å². The molecule has 0 radical (unpaired) electrons. The number of nitrogens with one attached hydrogen (secondary N) is 1. The summed E-state index contributed by atoms with van der Waals surface area (Å²) in [6, 6.07) is 6.00. The zero-order chi connectivity index (χ0) is 19.0. The largest absolute Gasteiger partial charge is 0.378 e. The van der Waals surface area contributed by atoms with Crippen LogP contribution in [-0.4, -0.2) is 73.7 Å². The number of nitrogens with zero attached hydrogens (tertiary/aromatic N) is 2. The molecule has 1 amide bonds. The van der Waals surface area contributed by atoms with E-state index in [0.717, 1.165) is 31.1 Å². The molecule has 3 aliphatic rings. The third-order valence-electron chi connectivity index (χ3n) is 5.98. The predicted octanol–water partition coefficient (Wildman–Crippen LogP) is 2.45. The quantitative estimate of drug-likeness (QED) is 0.807. The van der Waals surface area contributed by atoms with Gasteiger partial charge in [-0.1, -0.05) is 29.3 Å². The number of halogens is 2. The molecule has 1 aromatic carbocycles. The van der Waals surface area contributed by atoms with E-state index in [4.69, 9.17) is 27.9 Å². The van der Waals surface area contributed by atoms with Crippen molar-refractivity contribution in [3.05, 3.63) is 33.8 Å². The number of hydrogen-bond donors (Lipinski definition) is 1. The van der Waals surface area contributed by atoms with Gasteiger partial charge >= 0.3 is 0 Å². The number of amides is 1. The van der Waals surface area contributed by atoms with Crippen LogP contribution in [-0.2, 0) is 16.0 Å². The molecule has 2 saturated heterocycles. The summed E-state index contributed by atoms with van der Waals surface area (Å²) < 4.78 is 5.88. The Labute approximate surface area is 170 Å². The van der Waals surface area contributed by atoms with Gasteiger partial charge in [0.15, 0.2) is 0 Å².